The molecule has 160 valence electrons. The van der Waals surface area contributed by atoms with Crippen LogP contribution in [0.15, 0.2) is 35.2 Å². The quantitative estimate of drug-likeness (QED) is 0.454. The van der Waals surface area contributed by atoms with Gasteiger partial charge in [-0.15, -0.1) is 0 Å². The highest BCUT2D eigenvalue weighted by atomic mass is 19.4. The number of aromatic amines is 1. The minimum Gasteiger partial charge on any atom is -0.497 e. The van der Waals surface area contributed by atoms with Gasteiger partial charge in [-0.25, -0.2) is 4.98 Å². The molecule has 4 heterocycles. The zero-order valence-electron chi connectivity index (χ0n) is 16.1. The summed E-state index contributed by atoms with van der Waals surface area (Å²) >= 11 is 0. The van der Waals surface area contributed by atoms with Crippen molar-refractivity contribution < 1.29 is 27.2 Å². The van der Waals surface area contributed by atoms with Crippen molar-refractivity contribution in [2.45, 2.75) is 19.2 Å². The second-order valence-corrected chi connectivity index (χ2v) is 6.86. The van der Waals surface area contributed by atoms with Gasteiger partial charge in [0.1, 0.15) is 31.0 Å². The number of rotatable bonds is 5. The van der Waals surface area contributed by atoms with E-state index in [9.17, 15) is 13.2 Å². The lowest BCUT2D eigenvalue weighted by Gasteiger charge is -2.11. The number of methoxy groups -OCH3 is 1. The summed E-state index contributed by atoms with van der Waals surface area (Å²) in [6, 6.07) is 5.66. The van der Waals surface area contributed by atoms with Gasteiger partial charge in [0, 0.05) is 17.5 Å². The molecule has 1 N–H and O–H groups in total. The standard InChI is InChI=1S/C19H15F3N6O3/c1-29-11-2-3-13-12(5-11)16-10(6-24-26-16)4-14-17(23-9-28(13)14)18-25-15(31-27-18)7-30-8-19(20,21)22/h2-3,5-6,9H,4,7-8H2,1H3,(H,24,26). The summed E-state index contributed by atoms with van der Waals surface area (Å²) in [6.07, 6.45) is -0.571. The second kappa shape index (κ2) is 7.23. The molecule has 1 aliphatic rings. The Hall–Kier alpha value is -3.67. The third kappa shape index (κ3) is 3.54. The minimum atomic E-state index is -4.43. The van der Waals surface area contributed by atoms with Gasteiger partial charge >= 0.3 is 6.18 Å². The highest BCUT2D eigenvalue weighted by Crippen LogP contribution is 2.38. The number of alkyl halides is 3. The predicted molar refractivity (Wildman–Crippen MR) is 99.5 cm³/mol. The molecule has 0 saturated carbocycles. The average molecular weight is 432 g/mol. The molecule has 0 bridgehead atoms. The molecule has 0 spiro atoms. The van der Waals surface area contributed by atoms with Crippen molar-refractivity contribution in [3.8, 4) is 34.2 Å². The summed E-state index contributed by atoms with van der Waals surface area (Å²) in [5.41, 5.74) is 4.79. The monoisotopic (exact) mass is 432 g/mol. The molecule has 1 aromatic carbocycles. The van der Waals surface area contributed by atoms with Crippen LogP contribution in [0.5, 0.6) is 5.75 Å². The van der Waals surface area contributed by atoms with E-state index in [2.05, 4.69) is 30.1 Å². The molecule has 0 atom stereocenters. The molecule has 0 aliphatic carbocycles. The Kier molecular flexibility index (Phi) is 4.50. The van der Waals surface area contributed by atoms with Gasteiger partial charge in [0.15, 0.2) is 0 Å². The first-order chi connectivity index (χ1) is 14.9. The van der Waals surface area contributed by atoms with Gasteiger partial charge in [0.05, 0.1) is 30.4 Å². The Balaban J connectivity index is 1.52. The van der Waals surface area contributed by atoms with Crippen LogP contribution in [0.3, 0.4) is 0 Å². The van der Waals surface area contributed by atoms with Crippen LogP contribution in [-0.2, 0) is 17.8 Å². The maximum absolute atomic E-state index is 12.3. The van der Waals surface area contributed by atoms with Crippen molar-refractivity contribution in [3.63, 3.8) is 0 Å². The molecule has 31 heavy (non-hydrogen) atoms. The lowest BCUT2D eigenvalue weighted by Crippen LogP contribution is -2.16. The Labute approximate surface area is 172 Å². The first-order valence-electron chi connectivity index (χ1n) is 9.17. The van der Waals surface area contributed by atoms with E-state index in [0.717, 1.165) is 28.2 Å². The Bertz CT molecular complexity index is 1240. The van der Waals surface area contributed by atoms with Crippen molar-refractivity contribution in [3.05, 3.63) is 47.9 Å². The third-order valence-corrected chi connectivity index (χ3v) is 4.85. The van der Waals surface area contributed by atoms with Crippen LogP contribution in [0.25, 0.3) is 28.5 Å². The first-order valence-corrected chi connectivity index (χ1v) is 9.17. The second-order valence-electron chi connectivity index (χ2n) is 6.86. The van der Waals surface area contributed by atoms with Crippen molar-refractivity contribution in [2.24, 2.45) is 0 Å². The van der Waals surface area contributed by atoms with Crippen LogP contribution >= 0.6 is 0 Å². The summed E-state index contributed by atoms with van der Waals surface area (Å²) in [7, 11) is 1.60. The van der Waals surface area contributed by atoms with E-state index in [1.165, 1.54) is 0 Å². The average Bonchev–Trinajstić information content (AvgIpc) is 3.46. The number of halogens is 3. The number of H-pyrrole nitrogens is 1. The molecular weight excluding hydrogens is 417 g/mol. The number of hydrogen-bond donors (Lipinski definition) is 1. The SMILES string of the molecule is COc1ccc2c(c1)-c1[nH]ncc1Cc1c(-c3noc(COCC(F)(F)F)n3)ncn1-2. The fourth-order valence-corrected chi connectivity index (χ4v) is 3.51. The fraction of sp³-hybridized carbons (Fsp3) is 0.263. The zero-order chi connectivity index (χ0) is 21.6. The van der Waals surface area contributed by atoms with Gasteiger partial charge in [-0.05, 0) is 18.2 Å². The Morgan fingerprint density at radius 1 is 1.29 bits per heavy atom. The largest absolute Gasteiger partial charge is 0.497 e. The molecule has 4 aromatic rings. The molecule has 0 unspecified atom stereocenters. The van der Waals surface area contributed by atoms with Crippen LogP contribution in [0, 0.1) is 0 Å². The van der Waals surface area contributed by atoms with Crippen LogP contribution in [0.4, 0.5) is 13.2 Å². The maximum atomic E-state index is 12.3. The normalized spacial score (nSPS) is 12.8. The van der Waals surface area contributed by atoms with E-state index >= 15 is 0 Å². The molecule has 3 aromatic heterocycles. The van der Waals surface area contributed by atoms with Crippen LogP contribution < -0.4 is 4.74 Å². The van der Waals surface area contributed by atoms with Gasteiger partial charge in [-0.2, -0.15) is 23.3 Å². The van der Waals surface area contributed by atoms with E-state index in [1.54, 1.807) is 19.6 Å². The minimum absolute atomic E-state index is 0.0660. The van der Waals surface area contributed by atoms with E-state index < -0.39 is 19.4 Å². The van der Waals surface area contributed by atoms with Crippen LogP contribution in [0.1, 0.15) is 17.1 Å². The summed E-state index contributed by atoms with van der Waals surface area (Å²) in [6.45, 7) is -1.84. The number of fused-ring (bicyclic) bond motifs is 5. The Morgan fingerprint density at radius 2 is 2.16 bits per heavy atom. The zero-order valence-corrected chi connectivity index (χ0v) is 16.1. The number of ether oxygens (including phenoxy) is 2. The highest BCUT2D eigenvalue weighted by Gasteiger charge is 2.29. The molecule has 9 nitrogen and oxygen atoms in total. The van der Waals surface area contributed by atoms with Crippen molar-refractivity contribution >= 4 is 0 Å². The number of benzene rings is 1. The first kappa shape index (κ1) is 19.3. The number of hydrogen-bond acceptors (Lipinski definition) is 7. The van der Waals surface area contributed by atoms with E-state index in [4.69, 9.17) is 9.26 Å². The van der Waals surface area contributed by atoms with Crippen molar-refractivity contribution in [1.82, 2.24) is 29.9 Å². The third-order valence-electron chi connectivity index (χ3n) is 4.85. The number of nitrogens with one attached hydrogen (secondary N) is 1. The summed E-state index contributed by atoms with van der Waals surface area (Å²) in [5.74, 6) is 0.801. The van der Waals surface area contributed by atoms with Gasteiger partial charge in [-0.1, -0.05) is 5.16 Å². The lowest BCUT2D eigenvalue weighted by molar-refractivity contribution is -0.178. The predicted octanol–water partition coefficient (Wildman–Crippen LogP) is 3.30. The number of nitrogens with zero attached hydrogens (tertiary/aromatic N) is 5. The maximum Gasteiger partial charge on any atom is 0.411 e. The summed E-state index contributed by atoms with van der Waals surface area (Å²) in [5, 5.41) is 11.1. The lowest BCUT2D eigenvalue weighted by atomic mass is 10.0. The molecule has 0 saturated heterocycles. The molecule has 1 aliphatic heterocycles. The number of aromatic nitrogens is 6. The van der Waals surface area contributed by atoms with E-state index in [-0.39, 0.29) is 11.7 Å². The summed E-state index contributed by atoms with van der Waals surface area (Å²) in [4.78, 5) is 8.59. The molecular formula is C19H15F3N6O3. The smallest absolute Gasteiger partial charge is 0.411 e. The van der Waals surface area contributed by atoms with Gasteiger partial charge in [0.25, 0.3) is 5.89 Å². The molecule has 12 heteroatoms. The highest BCUT2D eigenvalue weighted by molar-refractivity contribution is 5.77. The van der Waals surface area contributed by atoms with Crippen molar-refractivity contribution in [2.75, 3.05) is 13.7 Å². The molecule has 0 radical (unpaired) electrons. The van der Waals surface area contributed by atoms with Crippen LogP contribution in [-0.4, -0.2) is 49.8 Å². The van der Waals surface area contributed by atoms with Gasteiger partial charge in [0.2, 0.25) is 5.82 Å². The number of imidazole rings is 1. The topological polar surface area (TPSA) is 104 Å². The molecule has 0 fully saturated rings. The van der Waals surface area contributed by atoms with E-state index in [1.807, 2.05) is 22.8 Å². The van der Waals surface area contributed by atoms with Crippen molar-refractivity contribution in [1.29, 1.82) is 0 Å². The molecule has 5 rings (SSSR count). The Morgan fingerprint density at radius 3 is 2.97 bits per heavy atom. The molecule has 0 amide bonds. The van der Waals surface area contributed by atoms with Gasteiger partial charge < -0.3 is 18.6 Å². The van der Waals surface area contributed by atoms with Crippen LogP contribution in [0.2, 0.25) is 0 Å². The summed E-state index contributed by atoms with van der Waals surface area (Å²) < 4.78 is 53.7. The van der Waals surface area contributed by atoms with E-state index in [0.29, 0.717) is 17.9 Å². The fourth-order valence-electron chi connectivity index (χ4n) is 3.51. The van der Waals surface area contributed by atoms with Gasteiger partial charge in [-0.3, -0.25) is 5.10 Å².